The SMILES string of the molecule is Cn1nc(C(C)(C)C)c2nc3c(nc21)c(C(C)(C)C)nn3C. The molecule has 0 atom stereocenters. The van der Waals surface area contributed by atoms with E-state index in [9.17, 15) is 0 Å². The first kappa shape index (κ1) is 14.9. The van der Waals surface area contributed by atoms with Crippen molar-refractivity contribution in [2.45, 2.75) is 52.4 Å². The molecule has 0 unspecified atom stereocenters. The summed E-state index contributed by atoms with van der Waals surface area (Å²) in [6.07, 6.45) is 0. The summed E-state index contributed by atoms with van der Waals surface area (Å²) in [5.41, 5.74) is 5.15. The molecule has 118 valence electrons. The van der Waals surface area contributed by atoms with Crippen molar-refractivity contribution in [3.05, 3.63) is 11.4 Å². The maximum Gasteiger partial charge on any atom is 0.177 e. The number of aryl methyl sites for hydroxylation is 2. The number of rotatable bonds is 0. The van der Waals surface area contributed by atoms with Gasteiger partial charge < -0.3 is 0 Å². The Morgan fingerprint density at radius 2 is 0.955 bits per heavy atom. The second-order valence-electron chi connectivity index (χ2n) is 8.01. The van der Waals surface area contributed by atoms with Crippen molar-refractivity contribution in [1.29, 1.82) is 0 Å². The van der Waals surface area contributed by atoms with E-state index in [1.807, 2.05) is 23.5 Å². The van der Waals surface area contributed by atoms with Crippen molar-refractivity contribution in [2.75, 3.05) is 0 Å². The topological polar surface area (TPSA) is 61.4 Å². The smallest absolute Gasteiger partial charge is 0.177 e. The molecule has 22 heavy (non-hydrogen) atoms. The maximum absolute atomic E-state index is 4.85. The van der Waals surface area contributed by atoms with Gasteiger partial charge in [0, 0.05) is 24.9 Å². The molecule has 3 heterocycles. The van der Waals surface area contributed by atoms with Gasteiger partial charge >= 0.3 is 0 Å². The molecular formula is C16H24N6. The average Bonchev–Trinajstić information content (AvgIpc) is 2.86. The standard InChI is InChI=1S/C16H24N6/c1-15(2,3)11-9-13(21(7)19-11)18-10-12(16(4,5)6)20-22(8)14(10)17-9/h1-8H3. The molecule has 0 aromatic carbocycles. The van der Waals surface area contributed by atoms with Crippen LogP contribution in [-0.4, -0.2) is 29.5 Å². The summed E-state index contributed by atoms with van der Waals surface area (Å²) in [4.78, 5) is 9.71. The molecule has 0 saturated heterocycles. The molecule has 3 aromatic rings. The van der Waals surface area contributed by atoms with Crippen molar-refractivity contribution in [2.24, 2.45) is 14.1 Å². The fourth-order valence-corrected chi connectivity index (χ4v) is 2.69. The van der Waals surface area contributed by atoms with Gasteiger partial charge in [-0.25, -0.2) is 19.3 Å². The largest absolute Gasteiger partial charge is 0.249 e. The lowest BCUT2D eigenvalue weighted by atomic mass is 9.91. The molecule has 0 aliphatic carbocycles. The third-order valence-corrected chi connectivity index (χ3v) is 3.84. The monoisotopic (exact) mass is 300 g/mol. The van der Waals surface area contributed by atoms with Crippen molar-refractivity contribution >= 4 is 22.3 Å². The fourth-order valence-electron chi connectivity index (χ4n) is 2.69. The molecule has 6 heteroatoms. The van der Waals surface area contributed by atoms with E-state index in [0.29, 0.717) is 0 Å². The first-order valence-corrected chi connectivity index (χ1v) is 7.58. The summed E-state index contributed by atoms with van der Waals surface area (Å²) in [7, 11) is 3.84. The summed E-state index contributed by atoms with van der Waals surface area (Å²) in [6, 6.07) is 0. The van der Waals surface area contributed by atoms with Crippen LogP contribution in [0, 0.1) is 0 Å². The minimum atomic E-state index is -0.0761. The van der Waals surface area contributed by atoms with Crippen molar-refractivity contribution in [3.63, 3.8) is 0 Å². The Hall–Kier alpha value is -1.98. The van der Waals surface area contributed by atoms with Crippen molar-refractivity contribution in [3.8, 4) is 0 Å². The Labute approximate surface area is 130 Å². The molecule has 3 aromatic heterocycles. The number of hydrogen-bond donors (Lipinski definition) is 0. The highest BCUT2D eigenvalue weighted by molar-refractivity contribution is 5.86. The zero-order chi connectivity index (χ0) is 16.4. The predicted molar refractivity (Wildman–Crippen MR) is 88.0 cm³/mol. The third-order valence-electron chi connectivity index (χ3n) is 3.84. The number of nitrogens with zero attached hydrogens (tertiary/aromatic N) is 6. The predicted octanol–water partition coefficient (Wildman–Crippen LogP) is 2.85. The molecule has 6 nitrogen and oxygen atoms in total. The van der Waals surface area contributed by atoms with Gasteiger partial charge in [0.05, 0.1) is 11.4 Å². The lowest BCUT2D eigenvalue weighted by Crippen LogP contribution is -2.13. The summed E-state index contributed by atoms with van der Waals surface area (Å²) in [5.74, 6) is 0. The molecule has 0 saturated carbocycles. The second-order valence-corrected chi connectivity index (χ2v) is 8.01. The Bertz CT molecular complexity index is 796. The molecule has 0 bridgehead atoms. The number of hydrogen-bond acceptors (Lipinski definition) is 4. The molecule has 0 aliphatic heterocycles. The van der Waals surface area contributed by atoms with Crippen molar-refractivity contribution < 1.29 is 0 Å². The second kappa shape index (κ2) is 4.27. The van der Waals surface area contributed by atoms with Crippen LogP contribution in [0.5, 0.6) is 0 Å². The number of fused-ring (bicyclic) bond motifs is 2. The minimum Gasteiger partial charge on any atom is -0.249 e. The van der Waals surface area contributed by atoms with E-state index in [1.54, 1.807) is 0 Å². The third kappa shape index (κ3) is 2.09. The summed E-state index contributed by atoms with van der Waals surface area (Å²) in [6.45, 7) is 12.9. The zero-order valence-corrected chi connectivity index (χ0v) is 14.7. The first-order chi connectivity index (χ1) is 10.00. The molecule has 0 radical (unpaired) electrons. The van der Waals surface area contributed by atoms with Crippen LogP contribution in [0.25, 0.3) is 22.3 Å². The van der Waals surface area contributed by atoms with Crippen LogP contribution in [0.3, 0.4) is 0 Å². The van der Waals surface area contributed by atoms with Crippen LogP contribution in [0.4, 0.5) is 0 Å². The van der Waals surface area contributed by atoms with E-state index in [0.717, 1.165) is 33.7 Å². The Morgan fingerprint density at radius 1 is 0.636 bits per heavy atom. The van der Waals surface area contributed by atoms with Crippen LogP contribution in [0.1, 0.15) is 52.9 Å². The van der Waals surface area contributed by atoms with Crippen LogP contribution < -0.4 is 0 Å². The minimum absolute atomic E-state index is 0.0761. The van der Waals surface area contributed by atoms with Gasteiger partial charge in [0.15, 0.2) is 11.3 Å². The van der Waals surface area contributed by atoms with Crippen molar-refractivity contribution in [1.82, 2.24) is 29.5 Å². The van der Waals surface area contributed by atoms with Gasteiger partial charge in [0.1, 0.15) is 11.0 Å². The molecule has 3 rings (SSSR count). The molecular weight excluding hydrogens is 276 g/mol. The lowest BCUT2D eigenvalue weighted by Gasteiger charge is -2.15. The molecule has 0 fully saturated rings. The first-order valence-electron chi connectivity index (χ1n) is 7.58. The van der Waals surface area contributed by atoms with Gasteiger partial charge in [-0.05, 0) is 0 Å². The van der Waals surface area contributed by atoms with Crippen LogP contribution in [-0.2, 0) is 24.9 Å². The quantitative estimate of drug-likeness (QED) is 0.640. The van der Waals surface area contributed by atoms with E-state index in [4.69, 9.17) is 9.97 Å². The fraction of sp³-hybridized carbons (Fsp3) is 0.625. The van der Waals surface area contributed by atoms with Gasteiger partial charge in [-0.1, -0.05) is 41.5 Å². The van der Waals surface area contributed by atoms with E-state index in [2.05, 4.69) is 51.7 Å². The van der Waals surface area contributed by atoms with Gasteiger partial charge in [-0.2, -0.15) is 10.2 Å². The van der Waals surface area contributed by atoms with Gasteiger partial charge in [-0.15, -0.1) is 0 Å². The molecule has 0 aliphatic rings. The summed E-state index contributed by atoms with van der Waals surface area (Å²) >= 11 is 0. The van der Waals surface area contributed by atoms with E-state index >= 15 is 0 Å². The van der Waals surface area contributed by atoms with Crippen LogP contribution in [0.15, 0.2) is 0 Å². The summed E-state index contributed by atoms with van der Waals surface area (Å²) in [5, 5.41) is 9.29. The average molecular weight is 300 g/mol. The molecule has 0 N–H and O–H groups in total. The van der Waals surface area contributed by atoms with E-state index in [1.165, 1.54) is 0 Å². The highest BCUT2D eigenvalue weighted by atomic mass is 15.3. The van der Waals surface area contributed by atoms with E-state index in [-0.39, 0.29) is 10.8 Å². The molecule has 0 amide bonds. The van der Waals surface area contributed by atoms with Gasteiger partial charge in [0.25, 0.3) is 0 Å². The highest BCUT2D eigenvalue weighted by Crippen LogP contribution is 2.31. The molecule has 0 spiro atoms. The summed E-state index contributed by atoms with van der Waals surface area (Å²) < 4.78 is 3.64. The lowest BCUT2D eigenvalue weighted by molar-refractivity contribution is 0.555. The Morgan fingerprint density at radius 3 is 1.23 bits per heavy atom. The highest BCUT2D eigenvalue weighted by Gasteiger charge is 2.28. The Balaban J connectivity index is 2.44. The maximum atomic E-state index is 4.85. The van der Waals surface area contributed by atoms with Gasteiger partial charge in [-0.3, -0.25) is 0 Å². The zero-order valence-electron chi connectivity index (χ0n) is 14.7. The normalized spacial score (nSPS) is 13.5. The van der Waals surface area contributed by atoms with Crippen LogP contribution in [0.2, 0.25) is 0 Å². The number of aromatic nitrogens is 6. The van der Waals surface area contributed by atoms with Gasteiger partial charge in [0.2, 0.25) is 0 Å². The van der Waals surface area contributed by atoms with Crippen LogP contribution >= 0.6 is 0 Å². The van der Waals surface area contributed by atoms with E-state index < -0.39 is 0 Å². The Kier molecular flexibility index (Phi) is 2.90.